The second kappa shape index (κ2) is 10.4. The van der Waals surface area contributed by atoms with E-state index in [9.17, 15) is 19.2 Å². The largest absolute Gasteiger partial charge is 0.466 e. The lowest BCUT2D eigenvalue weighted by Crippen LogP contribution is -2.48. The summed E-state index contributed by atoms with van der Waals surface area (Å²) in [5.74, 6) is -3.59. The fourth-order valence-corrected chi connectivity index (χ4v) is 1.74. The molecule has 0 heterocycles. The van der Waals surface area contributed by atoms with Crippen LogP contribution in [0.2, 0.25) is 0 Å². The Balaban J connectivity index is 5.73. The average molecular weight is 344 g/mol. The van der Waals surface area contributed by atoms with Crippen LogP contribution in [0.1, 0.15) is 40.5 Å². The summed E-state index contributed by atoms with van der Waals surface area (Å²) >= 11 is 0. The minimum absolute atomic E-state index is 0.00334. The lowest BCUT2D eigenvalue weighted by molar-refractivity contribution is -0.189. The molecule has 0 fully saturated rings. The van der Waals surface area contributed by atoms with Gasteiger partial charge in [0.2, 0.25) is 5.60 Å². The Morgan fingerprint density at radius 3 is 1.58 bits per heavy atom. The van der Waals surface area contributed by atoms with Gasteiger partial charge < -0.3 is 18.9 Å². The summed E-state index contributed by atoms with van der Waals surface area (Å²) in [6.07, 6.45) is -1.34. The van der Waals surface area contributed by atoms with Crippen LogP contribution in [-0.4, -0.2) is 49.3 Å². The predicted octanol–water partition coefficient (Wildman–Crippen LogP) is 1.31. The van der Waals surface area contributed by atoms with Gasteiger partial charge in [0.25, 0.3) is 0 Å². The summed E-state index contributed by atoms with van der Waals surface area (Å²) < 4.78 is 19.6. The summed E-state index contributed by atoms with van der Waals surface area (Å²) in [6, 6.07) is 0. The summed E-state index contributed by atoms with van der Waals surface area (Å²) in [5, 5.41) is 0. The third-order valence-electron chi connectivity index (χ3n) is 2.75. The van der Waals surface area contributed by atoms with E-state index in [4.69, 9.17) is 18.9 Å². The molecule has 0 atom stereocenters. The lowest BCUT2D eigenvalue weighted by atomic mass is 9.94. The SMILES string of the molecule is C=C(C)C(=O)OC(CC(=O)OCC)(CC(=O)OCC)C(=O)OCC. The van der Waals surface area contributed by atoms with Crippen LogP contribution in [0, 0.1) is 0 Å². The third-order valence-corrected chi connectivity index (χ3v) is 2.75. The predicted molar refractivity (Wildman–Crippen MR) is 82.8 cm³/mol. The zero-order valence-corrected chi connectivity index (χ0v) is 14.5. The summed E-state index contributed by atoms with van der Waals surface area (Å²) in [7, 11) is 0. The highest BCUT2D eigenvalue weighted by Crippen LogP contribution is 2.26. The molecule has 8 nitrogen and oxygen atoms in total. The van der Waals surface area contributed by atoms with Gasteiger partial charge in [0, 0.05) is 5.57 Å². The van der Waals surface area contributed by atoms with Gasteiger partial charge in [-0.15, -0.1) is 0 Å². The molecule has 0 N–H and O–H groups in total. The second-order valence-electron chi connectivity index (χ2n) is 4.85. The van der Waals surface area contributed by atoms with Crippen molar-refractivity contribution in [3.63, 3.8) is 0 Å². The second-order valence-corrected chi connectivity index (χ2v) is 4.85. The van der Waals surface area contributed by atoms with Crippen molar-refractivity contribution in [2.75, 3.05) is 19.8 Å². The van der Waals surface area contributed by atoms with Gasteiger partial charge in [0.15, 0.2) is 0 Å². The molecular formula is C16H24O8. The minimum atomic E-state index is -2.16. The van der Waals surface area contributed by atoms with Gasteiger partial charge >= 0.3 is 23.9 Å². The topological polar surface area (TPSA) is 105 Å². The normalized spacial score (nSPS) is 10.5. The lowest BCUT2D eigenvalue weighted by Gasteiger charge is -2.29. The fourth-order valence-electron chi connectivity index (χ4n) is 1.74. The maximum absolute atomic E-state index is 12.4. The van der Waals surface area contributed by atoms with Crippen molar-refractivity contribution in [3.8, 4) is 0 Å². The van der Waals surface area contributed by atoms with Crippen molar-refractivity contribution in [2.45, 2.75) is 46.1 Å². The first-order chi connectivity index (χ1) is 11.2. The number of carbonyl (C=O) groups is 4. The van der Waals surface area contributed by atoms with Crippen LogP contribution in [0.5, 0.6) is 0 Å². The molecule has 0 aliphatic carbocycles. The number of rotatable bonds is 10. The van der Waals surface area contributed by atoms with Crippen LogP contribution >= 0.6 is 0 Å². The molecule has 0 aliphatic heterocycles. The molecular weight excluding hydrogens is 320 g/mol. The molecule has 0 aromatic carbocycles. The van der Waals surface area contributed by atoms with Gasteiger partial charge in [0.1, 0.15) is 0 Å². The Bertz CT molecular complexity index is 474. The summed E-state index contributed by atoms with van der Waals surface area (Å²) in [4.78, 5) is 48.0. The number of hydrogen-bond donors (Lipinski definition) is 0. The Hall–Kier alpha value is -2.38. The maximum atomic E-state index is 12.4. The van der Waals surface area contributed by atoms with Crippen molar-refractivity contribution in [2.24, 2.45) is 0 Å². The summed E-state index contributed by atoms with van der Waals surface area (Å²) in [5.41, 5.74) is -2.17. The van der Waals surface area contributed by atoms with Crippen molar-refractivity contribution in [1.29, 1.82) is 0 Å². The number of carbonyl (C=O) groups excluding carboxylic acids is 4. The molecule has 0 saturated heterocycles. The van der Waals surface area contributed by atoms with Gasteiger partial charge in [-0.25, -0.2) is 9.59 Å². The van der Waals surface area contributed by atoms with Crippen molar-refractivity contribution in [1.82, 2.24) is 0 Å². The molecule has 0 aromatic heterocycles. The highest BCUT2D eigenvalue weighted by atomic mass is 16.6. The van der Waals surface area contributed by atoms with Crippen molar-refractivity contribution in [3.05, 3.63) is 12.2 Å². The molecule has 0 aromatic rings. The van der Waals surface area contributed by atoms with E-state index in [0.29, 0.717) is 0 Å². The molecule has 8 heteroatoms. The van der Waals surface area contributed by atoms with E-state index in [1.165, 1.54) is 13.8 Å². The van der Waals surface area contributed by atoms with Crippen LogP contribution in [0.3, 0.4) is 0 Å². The van der Waals surface area contributed by atoms with Gasteiger partial charge in [-0.2, -0.15) is 0 Å². The Morgan fingerprint density at radius 1 is 0.833 bits per heavy atom. The monoisotopic (exact) mass is 344 g/mol. The molecule has 0 radical (unpaired) electrons. The third kappa shape index (κ3) is 6.80. The first-order valence-electron chi connectivity index (χ1n) is 7.59. The van der Waals surface area contributed by atoms with E-state index in [0.717, 1.165) is 0 Å². The van der Waals surface area contributed by atoms with Crippen LogP contribution < -0.4 is 0 Å². The molecule has 24 heavy (non-hydrogen) atoms. The van der Waals surface area contributed by atoms with E-state index >= 15 is 0 Å². The molecule has 0 spiro atoms. The van der Waals surface area contributed by atoms with Gasteiger partial charge in [0.05, 0.1) is 32.7 Å². The average Bonchev–Trinajstić information content (AvgIpc) is 2.47. The van der Waals surface area contributed by atoms with Gasteiger partial charge in [-0.1, -0.05) is 6.58 Å². The first kappa shape index (κ1) is 21.6. The Labute approximate surface area is 141 Å². The zero-order valence-electron chi connectivity index (χ0n) is 14.5. The van der Waals surface area contributed by atoms with E-state index in [1.54, 1.807) is 13.8 Å². The number of hydrogen-bond acceptors (Lipinski definition) is 8. The molecule has 0 bridgehead atoms. The molecule has 0 rings (SSSR count). The number of esters is 4. The molecule has 0 aliphatic rings. The van der Waals surface area contributed by atoms with E-state index in [1.807, 2.05) is 0 Å². The fraction of sp³-hybridized carbons (Fsp3) is 0.625. The zero-order chi connectivity index (χ0) is 18.8. The number of ether oxygens (including phenoxy) is 4. The van der Waals surface area contributed by atoms with Crippen LogP contribution in [0.4, 0.5) is 0 Å². The van der Waals surface area contributed by atoms with Crippen molar-refractivity contribution >= 4 is 23.9 Å². The molecule has 0 saturated carbocycles. The summed E-state index contributed by atoms with van der Waals surface area (Å²) in [6.45, 7) is 9.57. The van der Waals surface area contributed by atoms with Gasteiger partial charge in [-0.05, 0) is 27.7 Å². The Morgan fingerprint density at radius 2 is 1.25 bits per heavy atom. The van der Waals surface area contributed by atoms with E-state index in [-0.39, 0.29) is 25.4 Å². The molecule has 136 valence electrons. The van der Waals surface area contributed by atoms with Crippen LogP contribution in [0.15, 0.2) is 12.2 Å². The van der Waals surface area contributed by atoms with Crippen LogP contribution in [-0.2, 0) is 38.1 Å². The maximum Gasteiger partial charge on any atom is 0.351 e. The van der Waals surface area contributed by atoms with E-state index in [2.05, 4.69) is 6.58 Å². The van der Waals surface area contributed by atoms with Gasteiger partial charge in [-0.3, -0.25) is 9.59 Å². The molecule has 0 amide bonds. The minimum Gasteiger partial charge on any atom is -0.466 e. The quantitative estimate of drug-likeness (QED) is 0.332. The first-order valence-corrected chi connectivity index (χ1v) is 7.59. The van der Waals surface area contributed by atoms with Crippen molar-refractivity contribution < 1.29 is 38.1 Å². The van der Waals surface area contributed by atoms with Crippen LogP contribution in [0.25, 0.3) is 0 Å². The highest BCUT2D eigenvalue weighted by molar-refractivity contribution is 5.95. The highest BCUT2D eigenvalue weighted by Gasteiger charge is 2.49. The molecule has 0 unspecified atom stereocenters. The van der Waals surface area contributed by atoms with E-state index < -0.39 is 42.3 Å². The Kier molecular flexibility index (Phi) is 9.37. The smallest absolute Gasteiger partial charge is 0.351 e. The standard InChI is InChI=1S/C16H24O8/c1-6-21-12(17)9-16(15(20)23-8-3,10-13(18)22-7-2)24-14(19)11(4)5/h4,6-10H2,1-3,5H3.